The third-order valence-electron chi connectivity index (χ3n) is 2.25. The third-order valence-corrected chi connectivity index (χ3v) is 2.58. The Bertz CT molecular complexity index is 382. The largest absolute Gasteiger partial charge is 0.493 e. The standard InChI is InChI=1S/C12H18ClNO3/c1-7(2)17-12-10(16-3)5-4-8(13)11(12)9(14)6-15/h4-5,7,9,15H,6,14H2,1-3H3. The quantitative estimate of drug-likeness (QED) is 0.850. The van der Waals surface area contributed by atoms with Crippen LogP contribution in [0.4, 0.5) is 0 Å². The third kappa shape index (κ3) is 3.25. The Morgan fingerprint density at radius 3 is 2.53 bits per heavy atom. The van der Waals surface area contributed by atoms with Crippen LogP contribution in [0.5, 0.6) is 11.5 Å². The van der Waals surface area contributed by atoms with E-state index in [4.69, 9.17) is 31.9 Å². The van der Waals surface area contributed by atoms with Crippen molar-refractivity contribution >= 4 is 11.6 Å². The molecule has 0 amide bonds. The molecule has 1 atom stereocenters. The van der Waals surface area contributed by atoms with Gasteiger partial charge in [-0.25, -0.2) is 0 Å². The predicted molar refractivity (Wildman–Crippen MR) is 67.8 cm³/mol. The minimum atomic E-state index is -0.591. The van der Waals surface area contributed by atoms with E-state index in [2.05, 4.69) is 0 Å². The Hall–Kier alpha value is -0.970. The van der Waals surface area contributed by atoms with Gasteiger partial charge in [0.25, 0.3) is 0 Å². The lowest BCUT2D eigenvalue weighted by atomic mass is 10.1. The molecule has 5 heteroatoms. The molecule has 0 aliphatic heterocycles. The van der Waals surface area contributed by atoms with Gasteiger partial charge in [-0.3, -0.25) is 0 Å². The molecule has 1 rings (SSSR count). The fraction of sp³-hybridized carbons (Fsp3) is 0.500. The number of nitrogens with two attached hydrogens (primary N) is 1. The van der Waals surface area contributed by atoms with Gasteiger partial charge in [-0.05, 0) is 26.0 Å². The lowest BCUT2D eigenvalue weighted by Crippen LogP contribution is -2.18. The second-order valence-corrected chi connectivity index (χ2v) is 4.36. The number of hydrogen-bond donors (Lipinski definition) is 2. The highest BCUT2D eigenvalue weighted by atomic mass is 35.5. The topological polar surface area (TPSA) is 64.7 Å². The van der Waals surface area contributed by atoms with Gasteiger partial charge in [0.15, 0.2) is 11.5 Å². The first-order chi connectivity index (χ1) is 8.01. The Morgan fingerprint density at radius 2 is 2.06 bits per heavy atom. The average Bonchev–Trinajstić information content (AvgIpc) is 2.28. The van der Waals surface area contributed by atoms with Crippen LogP contribution >= 0.6 is 11.6 Å². The molecule has 4 nitrogen and oxygen atoms in total. The van der Waals surface area contributed by atoms with Gasteiger partial charge < -0.3 is 20.3 Å². The number of aliphatic hydroxyl groups excluding tert-OH is 1. The van der Waals surface area contributed by atoms with Gasteiger partial charge in [0, 0.05) is 10.6 Å². The summed E-state index contributed by atoms with van der Waals surface area (Å²) in [5.74, 6) is 1.05. The molecule has 3 N–H and O–H groups in total. The van der Waals surface area contributed by atoms with Crippen LogP contribution in [0.1, 0.15) is 25.5 Å². The van der Waals surface area contributed by atoms with E-state index < -0.39 is 6.04 Å². The zero-order chi connectivity index (χ0) is 13.0. The predicted octanol–water partition coefficient (Wildman–Crippen LogP) is 2.13. The lowest BCUT2D eigenvalue weighted by molar-refractivity contribution is 0.219. The normalized spacial score (nSPS) is 12.6. The molecule has 0 saturated heterocycles. The van der Waals surface area contributed by atoms with E-state index in [1.165, 1.54) is 0 Å². The first-order valence-electron chi connectivity index (χ1n) is 5.40. The highest BCUT2D eigenvalue weighted by Crippen LogP contribution is 2.39. The summed E-state index contributed by atoms with van der Waals surface area (Å²) < 4.78 is 10.9. The number of hydrogen-bond acceptors (Lipinski definition) is 4. The van der Waals surface area contributed by atoms with Gasteiger partial charge in [0.1, 0.15) is 0 Å². The van der Waals surface area contributed by atoms with E-state index in [9.17, 15) is 0 Å². The van der Waals surface area contributed by atoms with Crippen molar-refractivity contribution in [2.45, 2.75) is 26.0 Å². The molecule has 0 aliphatic rings. The van der Waals surface area contributed by atoms with Crippen molar-refractivity contribution in [2.24, 2.45) is 5.73 Å². The van der Waals surface area contributed by atoms with Crippen molar-refractivity contribution in [1.82, 2.24) is 0 Å². The van der Waals surface area contributed by atoms with Gasteiger partial charge in [-0.2, -0.15) is 0 Å². The fourth-order valence-electron chi connectivity index (χ4n) is 1.51. The van der Waals surface area contributed by atoms with Crippen molar-refractivity contribution < 1.29 is 14.6 Å². The molecule has 0 heterocycles. The number of benzene rings is 1. The zero-order valence-corrected chi connectivity index (χ0v) is 11.0. The Labute approximate surface area is 106 Å². The SMILES string of the molecule is COc1ccc(Cl)c(C(N)CO)c1OC(C)C. The van der Waals surface area contributed by atoms with Crippen LogP contribution in [0.2, 0.25) is 5.02 Å². The Balaban J connectivity index is 3.31. The number of aliphatic hydroxyl groups is 1. The van der Waals surface area contributed by atoms with E-state index in [1.54, 1.807) is 19.2 Å². The van der Waals surface area contributed by atoms with Gasteiger partial charge in [0.05, 0.1) is 25.9 Å². The maximum absolute atomic E-state index is 9.15. The molecule has 0 spiro atoms. The second kappa shape index (κ2) is 6.10. The number of methoxy groups -OCH3 is 1. The maximum atomic E-state index is 9.15. The number of rotatable bonds is 5. The molecular weight excluding hydrogens is 242 g/mol. The molecule has 1 unspecified atom stereocenters. The Morgan fingerprint density at radius 1 is 1.41 bits per heavy atom. The van der Waals surface area contributed by atoms with Crippen molar-refractivity contribution in [3.05, 3.63) is 22.7 Å². The van der Waals surface area contributed by atoms with Gasteiger partial charge in [-0.15, -0.1) is 0 Å². The van der Waals surface area contributed by atoms with Crippen LogP contribution < -0.4 is 15.2 Å². The van der Waals surface area contributed by atoms with Crippen molar-refractivity contribution in [3.8, 4) is 11.5 Å². The number of halogens is 1. The minimum absolute atomic E-state index is 0.0352. The smallest absolute Gasteiger partial charge is 0.167 e. The van der Waals surface area contributed by atoms with Crippen LogP contribution in [0.3, 0.4) is 0 Å². The molecule has 0 bridgehead atoms. The van der Waals surface area contributed by atoms with Crippen LogP contribution in [-0.2, 0) is 0 Å². The lowest BCUT2D eigenvalue weighted by Gasteiger charge is -2.21. The first-order valence-corrected chi connectivity index (χ1v) is 5.78. The molecule has 0 fully saturated rings. The van der Waals surface area contributed by atoms with Crippen molar-refractivity contribution in [2.75, 3.05) is 13.7 Å². The van der Waals surface area contributed by atoms with E-state index in [1.807, 2.05) is 13.8 Å². The molecule has 0 aromatic heterocycles. The van der Waals surface area contributed by atoms with E-state index in [-0.39, 0.29) is 12.7 Å². The molecule has 17 heavy (non-hydrogen) atoms. The summed E-state index contributed by atoms with van der Waals surface area (Å²) in [6.07, 6.45) is -0.0352. The van der Waals surface area contributed by atoms with Gasteiger partial charge in [-0.1, -0.05) is 11.6 Å². The first kappa shape index (κ1) is 14.1. The molecule has 0 saturated carbocycles. The van der Waals surface area contributed by atoms with Crippen LogP contribution in [-0.4, -0.2) is 24.9 Å². The second-order valence-electron chi connectivity index (χ2n) is 3.95. The molecule has 0 radical (unpaired) electrons. The van der Waals surface area contributed by atoms with Crippen LogP contribution in [0.25, 0.3) is 0 Å². The van der Waals surface area contributed by atoms with Gasteiger partial charge in [0.2, 0.25) is 0 Å². The van der Waals surface area contributed by atoms with E-state index in [0.717, 1.165) is 0 Å². The van der Waals surface area contributed by atoms with Crippen molar-refractivity contribution in [1.29, 1.82) is 0 Å². The van der Waals surface area contributed by atoms with E-state index >= 15 is 0 Å². The zero-order valence-electron chi connectivity index (χ0n) is 10.2. The molecular formula is C12H18ClNO3. The Kier molecular flexibility index (Phi) is 5.05. The van der Waals surface area contributed by atoms with Gasteiger partial charge >= 0.3 is 0 Å². The van der Waals surface area contributed by atoms with Crippen LogP contribution in [0, 0.1) is 0 Å². The summed E-state index contributed by atoms with van der Waals surface area (Å²) >= 11 is 6.09. The highest BCUT2D eigenvalue weighted by Gasteiger charge is 2.20. The highest BCUT2D eigenvalue weighted by molar-refractivity contribution is 6.31. The molecule has 1 aromatic rings. The fourth-order valence-corrected chi connectivity index (χ4v) is 1.80. The summed E-state index contributed by atoms with van der Waals surface area (Å²) in [4.78, 5) is 0. The summed E-state index contributed by atoms with van der Waals surface area (Å²) in [6, 6.07) is 2.80. The molecule has 96 valence electrons. The summed E-state index contributed by atoms with van der Waals surface area (Å²) in [5, 5.41) is 9.62. The number of ether oxygens (including phenoxy) is 2. The summed E-state index contributed by atoms with van der Waals surface area (Å²) in [6.45, 7) is 3.59. The molecule has 1 aromatic carbocycles. The summed E-state index contributed by atoms with van der Waals surface area (Å²) in [7, 11) is 1.55. The minimum Gasteiger partial charge on any atom is -0.493 e. The average molecular weight is 260 g/mol. The molecule has 0 aliphatic carbocycles. The van der Waals surface area contributed by atoms with E-state index in [0.29, 0.717) is 22.1 Å². The summed E-state index contributed by atoms with van der Waals surface area (Å²) in [5.41, 5.74) is 6.40. The van der Waals surface area contributed by atoms with Crippen molar-refractivity contribution in [3.63, 3.8) is 0 Å². The van der Waals surface area contributed by atoms with Crippen LogP contribution in [0.15, 0.2) is 12.1 Å². The maximum Gasteiger partial charge on any atom is 0.167 e. The monoisotopic (exact) mass is 259 g/mol.